The second kappa shape index (κ2) is 7.34. The summed E-state index contributed by atoms with van der Waals surface area (Å²) in [6.07, 6.45) is 5.75. The Balaban J connectivity index is 1.76. The molecule has 4 nitrogen and oxygen atoms in total. The summed E-state index contributed by atoms with van der Waals surface area (Å²) >= 11 is 0. The predicted octanol–water partition coefficient (Wildman–Crippen LogP) is 3.05. The van der Waals surface area contributed by atoms with Crippen LogP contribution in [0.2, 0.25) is 0 Å². The third kappa shape index (κ3) is 3.39. The van der Waals surface area contributed by atoms with Crippen molar-refractivity contribution in [3.05, 3.63) is 23.8 Å². The normalized spacial score (nSPS) is 27.8. The first-order valence-corrected chi connectivity index (χ1v) is 8.58. The van der Waals surface area contributed by atoms with Crippen LogP contribution in [0.25, 0.3) is 0 Å². The van der Waals surface area contributed by atoms with Gasteiger partial charge in [0.05, 0.1) is 13.2 Å². The maximum absolute atomic E-state index is 9.62. The Morgan fingerprint density at radius 3 is 2.95 bits per heavy atom. The number of hydrogen-bond acceptors (Lipinski definition) is 4. The van der Waals surface area contributed by atoms with Crippen LogP contribution in [-0.2, 0) is 0 Å². The van der Waals surface area contributed by atoms with Crippen LogP contribution in [0.1, 0.15) is 50.6 Å². The Bertz CT molecular complexity index is 491. The molecule has 1 fully saturated rings. The number of fused-ring (bicyclic) bond motifs is 1. The zero-order chi connectivity index (χ0) is 15.4. The van der Waals surface area contributed by atoms with Crippen molar-refractivity contribution in [3.63, 3.8) is 0 Å². The van der Waals surface area contributed by atoms with Crippen molar-refractivity contribution in [1.29, 1.82) is 0 Å². The standard InChI is InChI=1S/C18H27NO3/c1-2-21-14-7-8-18-15(11-14)17(9-10-22-18)19-16-6-4-3-5-13(16)12-20/h7-8,11,13,16-17,19-20H,2-6,9-10,12H2,1H3. The van der Waals surface area contributed by atoms with Crippen LogP contribution in [0.3, 0.4) is 0 Å². The summed E-state index contributed by atoms with van der Waals surface area (Å²) < 4.78 is 11.4. The van der Waals surface area contributed by atoms with E-state index in [4.69, 9.17) is 9.47 Å². The Labute approximate surface area is 132 Å². The molecule has 22 heavy (non-hydrogen) atoms. The second-order valence-corrected chi connectivity index (χ2v) is 6.32. The topological polar surface area (TPSA) is 50.7 Å². The van der Waals surface area contributed by atoms with Crippen molar-refractivity contribution in [1.82, 2.24) is 5.32 Å². The Hall–Kier alpha value is -1.26. The van der Waals surface area contributed by atoms with Crippen molar-refractivity contribution in [3.8, 4) is 11.5 Å². The highest BCUT2D eigenvalue weighted by Gasteiger charge is 2.29. The van der Waals surface area contributed by atoms with Crippen molar-refractivity contribution >= 4 is 0 Å². The molecule has 2 aliphatic rings. The van der Waals surface area contributed by atoms with Crippen molar-refractivity contribution in [2.24, 2.45) is 5.92 Å². The number of rotatable bonds is 5. The van der Waals surface area contributed by atoms with E-state index in [9.17, 15) is 5.11 Å². The molecule has 0 radical (unpaired) electrons. The monoisotopic (exact) mass is 305 g/mol. The molecule has 1 aliphatic carbocycles. The fraction of sp³-hybridized carbons (Fsp3) is 0.667. The molecular weight excluding hydrogens is 278 g/mol. The van der Waals surface area contributed by atoms with E-state index in [1.807, 2.05) is 19.1 Å². The minimum Gasteiger partial charge on any atom is -0.494 e. The quantitative estimate of drug-likeness (QED) is 0.878. The van der Waals surface area contributed by atoms with Gasteiger partial charge in [0.2, 0.25) is 0 Å². The molecule has 3 rings (SSSR count). The summed E-state index contributed by atoms with van der Waals surface area (Å²) in [6.45, 7) is 3.70. The number of hydrogen-bond donors (Lipinski definition) is 2. The van der Waals surface area contributed by atoms with Gasteiger partial charge in [0, 0.05) is 30.7 Å². The summed E-state index contributed by atoms with van der Waals surface area (Å²) in [6, 6.07) is 6.79. The zero-order valence-electron chi connectivity index (χ0n) is 13.4. The van der Waals surface area contributed by atoms with E-state index in [0.29, 0.717) is 24.6 Å². The molecule has 1 aliphatic heterocycles. The van der Waals surface area contributed by atoms with Gasteiger partial charge in [-0.25, -0.2) is 0 Å². The van der Waals surface area contributed by atoms with Crippen LogP contribution < -0.4 is 14.8 Å². The molecular formula is C18H27NO3. The Morgan fingerprint density at radius 1 is 1.27 bits per heavy atom. The maximum Gasteiger partial charge on any atom is 0.124 e. The number of aliphatic hydroxyl groups is 1. The highest BCUT2D eigenvalue weighted by molar-refractivity contribution is 5.43. The summed E-state index contributed by atoms with van der Waals surface area (Å²) in [5, 5.41) is 13.4. The van der Waals surface area contributed by atoms with E-state index in [1.54, 1.807) is 0 Å². The molecule has 0 amide bonds. The van der Waals surface area contributed by atoms with Crippen LogP contribution in [-0.4, -0.2) is 31.0 Å². The average molecular weight is 305 g/mol. The Kier molecular flexibility index (Phi) is 5.21. The SMILES string of the molecule is CCOc1ccc2c(c1)C(NC1CCCCC1CO)CCO2. The first-order chi connectivity index (χ1) is 10.8. The molecule has 3 unspecified atom stereocenters. The van der Waals surface area contributed by atoms with Crippen LogP contribution >= 0.6 is 0 Å². The number of aliphatic hydroxyl groups excluding tert-OH is 1. The fourth-order valence-electron chi connectivity index (χ4n) is 3.71. The number of ether oxygens (including phenoxy) is 2. The third-order valence-corrected chi connectivity index (χ3v) is 4.89. The van der Waals surface area contributed by atoms with Crippen LogP contribution in [0.15, 0.2) is 18.2 Å². The van der Waals surface area contributed by atoms with E-state index in [0.717, 1.165) is 37.4 Å². The molecule has 2 N–H and O–H groups in total. The van der Waals surface area contributed by atoms with E-state index >= 15 is 0 Å². The van der Waals surface area contributed by atoms with Crippen molar-refractivity contribution in [2.75, 3.05) is 19.8 Å². The van der Waals surface area contributed by atoms with Crippen LogP contribution in [0.5, 0.6) is 11.5 Å². The second-order valence-electron chi connectivity index (χ2n) is 6.32. The highest BCUT2D eigenvalue weighted by atomic mass is 16.5. The largest absolute Gasteiger partial charge is 0.494 e. The minimum absolute atomic E-state index is 0.284. The van der Waals surface area contributed by atoms with Gasteiger partial charge in [0.15, 0.2) is 0 Å². The van der Waals surface area contributed by atoms with Gasteiger partial charge < -0.3 is 19.9 Å². The number of benzene rings is 1. The molecule has 1 heterocycles. The summed E-state index contributed by atoms with van der Waals surface area (Å²) in [4.78, 5) is 0. The van der Waals surface area contributed by atoms with Crippen LogP contribution in [0.4, 0.5) is 0 Å². The lowest BCUT2D eigenvalue weighted by atomic mass is 9.84. The lowest BCUT2D eigenvalue weighted by Gasteiger charge is -2.36. The maximum atomic E-state index is 9.62. The van der Waals surface area contributed by atoms with Gasteiger partial charge in [-0.15, -0.1) is 0 Å². The van der Waals surface area contributed by atoms with E-state index in [2.05, 4.69) is 11.4 Å². The summed E-state index contributed by atoms with van der Waals surface area (Å²) in [5.74, 6) is 2.25. The van der Waals surface area contributed by atoms with Gasteiger partial charge in [-0.1, -0.05) is 12.8 Å². The van der Waals surface area contributed by atoms with Gasteiger partial charge in [0.25, 0.3) is 0 Å². The lowest BCUT2D eigenvalue weighted by Crippen LogP contribution is -2.43. The van der Waals surface area contributed by atoms with Gasteiger partial charge in [-0.3, -0.25) is 0 Å². The molecule has 4 heteroatoms. The van der Waals surface area contributed by atoms with Gasteiger partial charge in [-0.2, -0.15) is 0 Å². The molecule has 3 atom stereocenters. The predicted molar refractivity (Wildman–Crippen MR) is 86.4 cm³/mol. The van der Waals surface area contributed by atoms with E-state index < -0.39 is 0 Å². The molecule has 122 valence electrons. The van der Waals surface area contributed by atoms with E-state index in [1.165, 1.54) is 18.4 Å². The first kappa shape index (κ1) is 15.6. The van der Waals surface area contributed by atoms with Crippen molar-refractivity contribution in [2.45, 2.75) is 51.1 Å². The smallest absolute Gasteiger partial charge is 0.124 e. The Morgan fingerprint density at radius 2 is 2.14 bits per heavy atom. The first-order valence-electron chi connectivity index (χ1n) is 8.58. The summed E-state index contributed by atoms with van der Waals surface area (Å²) in [5.41, 5.74) is 1.19. The molecule has 1 aromatic carbocycles. The third-order valence-electron chi connectivity index (χ3n) is 4.89. The molecule has 1 saturated carbocycles. The molecule has 0 spiro atoms. The highest BCUT2D eigenvalue weighted by Crippen LogP contribution is 2.36. The van der Waals surface area contributed by atoms with Gasteiger partial charge in [-0.05, 0) is 43.9 Å². The number of nitrogens with one attached hydrogen (secondary N) is 1. The fourth-order valence-corrected chi connectivity index (χ4v) is 3.71. The minimum atomic E-state index is 0.284. The van der Waals surface area contributed by atoms with Crippen LogP contribution in [0, 0.1) is 5.92 Å². The molecule has 0 saturated heterocycles. The average Bonchev–Trinajstić information content (AvgIpc) is 2.56. The summed E-state index contributed by atoms with van der Waals surface area (Å²) in [7, 11) is 0. The van der Waals surface area contributed by atoms with Gasteiger partial charge >= 0.3 is 0 Å². The molecule has 0 aromatic heterocycles. The van der Waals surface area contributed by atoms with Gasteiger partial charge in [0.1, 0.15) is 11.5 Å². The lowest BCUT2D eigenvalue weighted by molar-refractivity contribution is 0.137. The molecule has 1 aromatic rings. The zero-order valence-corrected chi connectivity index (χ0v) is 13.4. The van der Waals surface area contributed by atoms with Crippen molar-refractivity contribution < 1.29 is 14.6 Å². The van der Waals surface area contributed by atoms with E-state index in [-0.39, 0.29) is 6.61 Å². The molecule has 0 bridgehead atoms.